The molecule has 3 N–H and O–H groups in total. The van der Waals surface area contributed by atoms with E-state index in [1.807, 2.05) is 0 Å². The second-order valence-electron chi connectivity index (χ2n) is 4.27. The van der Waals surface area contributed by atoms with Crippen LogP contribution in [0.25, 0.3) is 0 Å². The molecule has 92 valence electrons. The molecule has 1 fully saturated rings. The normalized spacial score (nSPS) is 23.3. The summed E-state index contributed by atoms with van der Waals surface area (Å²) in [6.07, 6.45) is 5.92. The largest absolute Gasteiger partial charge is 0.366 e. The van der Waals surface area contributed by atoms with Gasteiger partial charge in [-0.3, -0.25) is 0 Å². The van der Waals surface area contributed by atoms with E-state index in [0.29, 0.717) is 23.5 Å². The summed E-state index contributed by atoms with van der Waals surface area (Å²) in [7, 11) is 0. The van der Waals surface area contributed by atoms with E-state index in [9.17, 15) is 0 Å². The van der Waals surface area contributed by atoms with Gasteiger partial charge in [0.05, 0.1) is 5.56 Å². The molecule has 0 aliphatic heterocycles. The Morgan fingerprint density at radius 1 is 1.35 bits per heavy atom. The number of nitrogens with one attached hydrogen (secondary N) is 1. The van der Waals surface area contributed by atoms with Gasteiger partial charge < -0.3 is 11.1 Å². The number of nitrogens with zero attached hydrogens (tertiary/aromatic N) is 2. The molecule has 0 saturated heterocycles. The second kappa shape index (κ2) is 6.43. The van der Waals surface area contributed by atoms with Crippen LogP contribution < -0.4 is 11.1 Å². The number of halogens is 1. The summed E-state index contributed by atoms with van der Waals surface area (Å²) in [4.78, 5) is 4.20. The zero-order chi connectivity index (χ0) is 11.4. The SMILES string of the molecule is Cl.N#Cc1cccnc1NC1CCC(N)CC1. The summed E-state index contributed by atoms with van der Waals surface area (Å²) >= 11 is 0. The maximum absolute atomic E-state index is 8.94. The molecule has 0 spiro atoms. The molecule has 2 rings (SSSR count). The third-order valence-electron chi connectivity index (χ3n) is 3.04. The fraction of sp³-hybridized carbons (Fsp3) is 0.500. The van der Waals surface area contributed by atoms with Gasteiger partial charge in [-0.05, 0) is 37.8 Å². The minimum atomic E-state index is 0. The number of nitriles is 1. The Bertz CT molecular complexity index is 394. The average molecular weight is 253 g/mol. The van der Waals surface area contributed by atoms with Crippen molar-refractivity contribution in [1.82, 2.24) is 4.98 Å². The molecule has 1 aliphatic rings. The van der Waals surface area contributed by atoms with Crippen LogP contribution in [0.4, 0.5) is 5.82 Å². The fourth-order valence-electron chi connectivity index (χ4n) is 2.07. The molecular formula is C12H17ClN4. The van der Waals surface area contributed by atoms with Crippen molar-refractivity contribution in [1.29, 1.82) is 5.26 Å². The van der Waals surface area contributed by atoms with Crippen LogP contribution >= 0.6 is 12.4 Å². The summed E-state index contributed by atoms with van der Waals surface area (Å²) in [6.45, 7) is 0. The first-order valence-corrected chi connectivity index (χ1v) is 5.67. The van der Waals surface area contributed by atoms with Crippen molar-refractivity contribution in [3.8, 4) is 6.07 Å². The summed E-state index contributed by atoms with van der Waals surface area (Å²) in [6, 6.07) is 6.45. The topological polar surface area (TPSA) is 74.7 Å². The van der Waals surface area contributed by atoms with Crippen LogP contribution in [-0.2, 0) is 0 Å². The Kier molecular flexibility index (Phi) is 5.20. The van der Waals surface area contributed by atoms with Crippen LogP contribution in [0.3, 0.4) is 0 Å². The van der Waals surface area contributed by atoms with E-state index >= 15 is 0 Å². The Morgan fingerprint density at radius 3 is 2.71 bits per heavy atom. The molecule has 17 heavy (non-hydrogen) atoms. The molecule has 0 amide bonds. The van der Waals surface area contributed by atoms with Crippen molar-refractivity contribution < 1.29 is 0 Å². The number of aromatic nitrogens is 1. The van der Waals surface area contributed by atoms with E-state index in [1.54, 1.807) is 18.3 Å². The highest BCUT2D eigenvalue weighted by Gasteiger charge is 2.19. The lowest BCUT2D eigenvalue weighted by Crippen LogP contribution is -2.33. The molecule has 0 unspecified atom stereocenters. The maximum Gasteiger partial charge on any atom is 0.144 e. The van der Waals surface area contributed by atoms with E-state index in [2.05, 4.69) is 16.4 Å². The Balaban J connectivity index is 0.00000144. The van der Waals surface area contributed by atoms with Gasteiger partial charge in [-0.25, -0.2) is 4.98 Å². The van der Waals surface area contributed by atoms with Crippen molar-refractivity contribution >= 4 is 18.2 Å². The minimum Gasteiger partial charge on any atom is -0.366 e. The smallest absolute Gasteiger partial charge is 0.144 e. The highest BCUT2D eigenvalue weighted by atomic mass is 35.5. The molecule has 1 aromatic rings. The number of rotatable bonds is 2. The summed E-state index contributed by atoms with van der Waals surface area (Å²) in [5.41, 5.74) is 6.46. The summed E-state index contributed by atoms with van der Waals surface area (Å²) in [5.74, 6) is 0.700. The predicted molar refractivity (Wildman–Crippen MR) is 70.1 cm³/mol. The first-order valence-electron chi connectivity index (χ1n) is 5.67. The zero-order valence-corrected chi connectivity index (χ0v) is 10.4. The van der Waals surface area contributed by atoms with E-state index in [1.165, 1.54) is 0 Å². The Morgan fingerprint density at radius 2 is 2.06 bits per heavy atom. The molecule has 0 bridgehead atoms. The van der Waals surface area contributed by atoms with Crippen LogP contribution in [0.5, 0.6) is 0 Å². The Hall–Kier alpha value is -1.31. The van der Waals surface area contributed by atoms with Gasteiger partial charge in [0.25, 0.3) is 0 Å². The van der Waals surface area contributed by atoms with Crippen molar-refractivity contribution in [2.75, 3.05) is 5.32 Å². The van der Waals surface area contributed by atoms with Crippen LogP contribution in [0, 0.1) is 11.3 Å². The molecule has 1 aromatic heterocycles. The van der Waals surface area contributed by atoms with Gasteiger partial charge in [-0.1, -0.05) is 0 Å². The average Bonchev–Trinajstić information content (AvgIpc) is 2.33. The molecule has 1 saturated carbocycles. The third kappa shape index (κ3) is 3.58. The van der Waals surface area contributed by atoms with E-state index in [-0.39, 0.29) is 12.4 Å². The van der Waals surface area contributed by atoms with Crippen molar-refractivity contribution in [3.63, 3.8) is 0 Å². The van der Waals surface area contributed by atoms with Gasteiger partial charge in [-0.2, -0.15) is 5.26 Å². The van der Waals surface area contributed by atoms with Gasteiger partial charge in [0.15, 0.2) is 0 Å². The van der Waals surface area contributed by atoms with Crippen LogP contribution in [0.1, 0.15) is 31.2 Å². The van der Waals surface area contributed by atoms with Crippen LogP contribution in [0.15, 0.2) is 18.3 Å². The van der Waals surface area contributed by atoms with Crippen LogP contribution in [-0.4, -0.2) is 17.1 Å². The standard InChI is InChI=1S/C12H16N4.ClH/c13-8-9-2-1-7-15-12(9)16-11-5-3-10(14)4-6-11;/h1-2,7,10-11H,3-6,14H2,(H,15,16);1H. The number of nitrogens with two attached hydrogens (primary N) is 1. The number of hydrogen-bond donors (Lipinski definition) is 2. The lowest BCUT2D eigenvalue weighted by molar-refractivity contribution is 0.410. The Labute approximate surface area is 108 Å². The van der Waals surface area contributed by atoms with Gasteiger partial charge in [0.2, 0.25) is 0 Å². The minimum absolute atomic E-state index is 0. The monoisotopic (exact) mass is 252 g/mol. The highest BCUT2D eigenvalue weighted by Crippen LogP contribution is 2.21. The number of anilines is 1. The molecule has 1 heterocycles. The van der Waals surface area contributed by atoms with Gasteiger partial charge in [0, 0.05) is 18.3 Å². The van der Waals surface area contributed by atoms with Crippen molar-refractivity contribution in [2.45, 2.75) is 37.8 Å². The lowest BCUT2D eigenvalue weighted by atomic mass is 9.92. The molecule has 1 aliphatic carbocycles. The first kappa shape index (κ1) is 13.8. The van der Waals surface area contributed by atoms with Crippen molar-refractivity contribution in [3.05, 3.63) is 23.9 Å². The molecule has 0 atom stereocenters. The molecule has 0 radical (unpaired) electrons. The van der Waals surface area contributed by atoms with Gasteiger partial charge in [-0.15, -0.1) is 12.4 Å². The molecule has 5 heteroatoms. The first-order chi connectivity index (χ1) is 7.79. The third-order valence-corrected chi connectivity index (χ3v) is 3.04. The lowest BCUT2D eigenvalue weighted by Gasteiger charge is -2.27. The molecule has 0 aromatic carbocycles. The predicted octanol–water partition coefficient (Wildman–Crippen LogP) is 2.06. The quantitative estimate of drug-likeness (QED) is 0.845. The highest BCUT2D eigenvalue weighted by molar-refractivity contribution is 5.85. The molecule has 4 nitrogen and oxygen atoms in total. The maximum atomic E-state index is 8.94. The van der Waals surface area contributed by atoms with Crippen molar-refractivity contribution in [2.24, 2.45) is 5.73 Å². The fourth-order valence-corrected chi connectivity index (χ4v) is 2.07. The van der Waals surface area contributed by atoms with Gasteiger partial charge in [0.1, 0.15) is 11.9 Å². The van der Waals surface area contributed by atoms with E-state index < -0.39 is 0 Å². The summed E-state index contributed by atoms with van der Waals surface area (Å²) < 4.78 is 0. The summed E-state index contributed by atoms with van der Waals surface area (Å²) in [5, 5.41) is 12.3. The number of pyridine rings is 1. The van der Waals surface area contributed by atoms with E-state index in [4.69, 9.17) is 11.0 Å². The number of hydrogen-bond acceptors (Lipinski definition) is 4. The zero-order valence-electron chi connectivity index (χ0n) is 9.60. The van der Waals surface area contributed by atoms with Gasteiger partial charge >= 0.3 is 0 Å². The van der Waals surface area contributed by atoms with E-state index in [0.717, 1.165) is 25.7 Å². The molecular weight excluding hydrogens is 236 g/mol. The second-order valence-corrected chi connectivity index (χ2v) is 4.27. The van der Waals surface area contributed by atoms with Crippen LogP contribution in [0.2, 0.25) is 0 Å².